The Kier molecular flexibility index (Phi) is 9.57. The minimum Gasteiger partial charge on any atom is -0.205 e. The molecule has 3 aromatic rings. The number of hydrogen-bond acceptors (Lipinski definition) is 0. The Morgan fingerprint density at radius 2 is 1.56 bits per heavy atom. The van der Waals surface area contributed by atoms with Crippen molar-refractivity contribution in [2.45, 2.75) is 71.1 Å². The third kappa shape index (κ3) is 7.20. The van der Waals surface area contributed by atoms with E-state index in [1.165, 1.54) is 49.7 Å². The van der Waals surface area contributed by atoms with Gasteiger partial charge in [-0.2, -0.15) is 0 Å². The Balaban J connectivity index is 1.36. The number of aryl methyl sites for hydroxylation is 2. The second-order valence-electron chi connectivity index (χ2n) is 10.3. The van der Waals surface area contributed by atoms with Gasteiger partial charge in [-0.1, -0.05) is 92.2 Å². The lowest BCUT2D eigenvalue weighted by atomic mass is 9.78. The van der Waals surface area contributed by atoms with E-state index >= 15 is 4.39 Å². The van der Waals surface area contributed by atoms with E-state index in [0.717, 1.165) is 48.5 Å². The van der Waals surface area contributed by atoms with E-state index in [0.29, 0.717) is 10.9 Å². The fraction of sp³-hybridized carbons (Fsp3) is 0.371. The molecule has 0 amide bonds. The molecule has 1 aliphatic carbocycles. The summed E-state index contributed by atoms with van der Waals surface area (Å²) in [5, 5.41) is 1.63. The Bertz CT molecular complexity index is 1230. The topological polar surface area (TPSA) is 0 Å². The van der Waals surface area contributed by atoms with E-state index in [2.05, 4.69) is 60.9 Å². The lowest BCUT2D eigenvalue weighted by Gasteiger charge is -2.28. The van der Waals surface area contributed by atoms with Crippen LogP contribution < -0.4 is 0 Å². The van der Waals surface area contributed by atoms with E-state index < -0.39 is 0 Å². The van der Waals surface area contributed by atoms with Gasteiger partial charge in [0.1, 0.15) is 5.82 Å². The quantitative estimate of drug-likeness (QED) is 0.212. The van der Waals surface area contributed by atoms with E-state index in [-0.39, 0.29) is 5.82 Å². The largest absolute Gasteiger partial charge is 0.205 e. The van der Waals surface area contributed by atoms with Crippen LogP contribution in [0.1, 0.15) is 80.5 Å². The average Bonchev–Trinajstić information content (AvgIpc) is 2.92. The van der Waals surface area contributed by atoms with Crippen LogP contribution >= 0.6 is 0 Å². The molecule has 0 radical (unpaired) electrons. The van der Waals surface area contributed by atoms with Crippen LogP contribution in [-0.2, 0) is 12.8 Å². The number of halogens is 1. The van der Waals surface area contributed by atoms with Gasteiger partial charge >= 0.3 is 0 Å². The van der Waals surface area contributed by atoms with Crippen LogP contribution in [-0.4, -0.2) is 0 Å². The molecule has 0 bridgehead atoms. The third-order valence-electron chi connectivity index (χ3n) is 7.74. The predicted octanol–water partition coefficient (Wildman–Crippen LogP) is 9.59. The maximum absolute atomic E-state index is 15.2. The number of rotatable bonds is 9. The molecule has 0 unspecified atom stereocenters. The van der Waals surface area contributed by atoms with Crippen molar-refractivity contribution in [3.63, 3.8) is 0 Å². The van der Waals surface area contributed by atoms with Gasteiger partial charge < -0.3 is 0 Å². The summed E-state index contributed by atoms with van der Waals surface area (Å²) in [5.74, 6) is 7.70. The molecule has 1 aliphatic rings. The zero-order chi connectivity index (χ0) is 25.2. The molecule has 0 atom stereocenters. The van der Waals surface area contributed by atoms with E-state index in [4.69, 9.17) is 0 Å². The standard InChI is InChI=1S/C35H39F/c1-3-5-7-9-28-12-16-30(17-13-28)20-22-32-23-24-33-26-31(21-25-34(33)35(32)36)19-18-29-14-10-27(11-15-29)8-6-4-2/h3-5,12-13,16-17,21,23-27,29H,2,6-11,14-15,18-19H2,1H3/b5-3+. The van der Waals surface area contributed by atoms with Crippen LogP contribution in [0.25, 0.3) is 10.8 Å². The van der Waals surface area contributed by atoms with Gasteiger partial charge in [-0.25, -0.2) is 4.39 Å². The first-order valence-corrected chi connectivity index (χ1v) is 13.7. The maximum atomic E-state index is 15.2. The minimum absolute atomic E-state index is 0.215. The van der Waals surface area contributed by atoms with Crippen molar-refractivity contribution in [3.05, 3.63) is 107 Å². The summed E-state index contributed by atoms with van der Waals surface area (Å²) in [4.78, 5) is 0. The predicted molar refractivity (Wildman–Crippen MR) is 153 cm³/mol. The van der Waals surface area contributed by atoms with Crippen molar-refractivity contribution in [1.29, 1.82) is 0 Å². The molecule has 0 saturated heterocycles. The van der Waals surface area contributed by atoms with Crippen molar-refractivity contribution in [3.8, 4) is 11.8 Å². The minimum atomic E-state index is -0.215. The summed E-state index contributed by atoms with van der Waals surface area (Å²) in [6.07, 6.45) is 18.6. The molecule has 0 nitrogen and oxygen atoms in total. The van der Waals surface area contributed by atoms with Crippen LogP contribution in [0.5, 0.6) is 0 Å². The smallest absolute Gasteiger partial charge is 0.146 e. The lowest BCUT2D eigenvalue weighted by molar-refractivity contribution is 0.254. The van der Waals surface area contributed by atoms with Crippen LogP contribution in [0.3, 0.4) is 0 Å². The van der Waals surface area contributed by atoms with Crippen LogP contribution in [0, 0.1) is 29.5 Å². The van der Waals surface area contributed by atoms with Crippen molar-refractivity contribution < 1.29 is 4.39 Å². The molecular weight excluding hydrogens is 439 g/mol. The number of benzene rings is 3. The first-order valence-electron chi connectivity index (χ1n) is 13.7. The van der Waals surface area contributed by atoms with Crippen molar-refractivity contribution in [2.75, 3.05) is 0 Å². The normalized spacial score (nSPS) is 17.7. The molecular formula is C35H39F. The molecule has 0 N–H and O–H groups in total. The highest BCUT2D eigenvalue weighted by molar-refractivity contribution is 5.85. The Hall–Kier alpha value is -3.11. The third-order valence-corrected chi connectivity index (χ3v) is 7.74. The summed E-state index contributed by atoms with van der Waals surface area (Å²) >= 11 is 0. The number of hydrogen-bond donors (Lipinski definition) is 0. The molecule has 1 heteroatoms. The maximum Gasteiger partial charge on any atom is 0.146 e. The average molecular weight is 479 g/mol. The molecule has 3 aromatic carbocycles. The second-order valence-corrected chi connectivity index (χ2v) is 10.3. The number of allylic oxidation sites excluding steroid dienone is 3. The fourth-order valence-electron chi connectivity index (χ4n) is 5.44. The molecule has 0 aromatic heterocycles. The van der Waals surface area contributed by atoms with Crippen LogP contribution in [0.4, 0.5) is 4.39 Å². The highest BCUT2D eigenvalue weighted by atomic mass is 19.1. The lowest BCUT2D eigenvalue weighted by Crippen LogP contribution is -2.15. The second kappa shape index (κ2) is 13.3. The summed E-state index contributed by atoms with van der Waals surface area (Å²) in [6, 6.07) is 18.3. The molecule has 0 heterocycles. The zero-order valence-electron chi connectivity index (χ0n) is 21.7. The van der Waals surface area contributed by atoms with Gasteiger partial charge in [-0.3, -0.25) is 0 Å². The Morgan fingerprint density at radius 1 is 0.833 bits per heavy atom. The molecule has 0 aliphatic heterocycles. The van der Waals surface area contributed by atoms with Crippen LogP contribution in [0.15, 0.2) is 79.4 Å². The van der Waals surface area contributed by atoms with Gasteiger partial charge in [0.05, 0.1) is 5.56 Å². The van der Waals surface area contributed by atoms with E-state index in [9.17, 15) is 0 Å². The summed E-state index contributed by atoms with van der Waals surface area (Å²) in [7, 11) is 0. The molecule has 4 rings (SSSR count). The SMILES string of the molecule is C=CCCC1CCC(CCc2ccc3c(F)c(C#Cc4ccc(CC/C=C/C)cc4)ccc3c2)CC1. The first kappa shape index (κ1) is 26.0. The molecule has 1 fully saturated rings. The van der Waals surface area contributed by atoms with Gasteiger partial charge in [0.15, 0.2) is 0 Å². The summed E-state index contributed by atoms with van der Waals surface area (Å²) in [6.45, 7) is 5.90. The monoisotopic (exact) mass is 478 g/mol. The van der Waals surface area contributed by atoms with Gasteiger partial charge in [-0.15, -0.1) is 6.58 Å². The molecule has 186 valence electrons. The van der Waals surface area contributed by atoms with E-state index in [1.807, 2.05) is 37.3 Å². The molecule has 36 heavy (non-hydrogen) atoms. The van der Waals surface area contributed by atoms with Gasteiger partial charge in [0, 0.05) is 10.9 Å². The fourth-order valence-corrected chi connectivity index (χ4v) is 5.44. The molecule has 1 saturated carbocycles. The van der Waals surface area contributed by atoms with Crippen molar-refractivity contribution >= 4 is 10.8 Å². The van der Waals surface area contributed by atoms with Gasteiger partial charge in [0.2, 0.25) is 0 Å². The van der Waals surface area contributed by atoms with Gasteiger partial charge in [-0.05, 0) is 92.0 Å². The highest BCUT2D eigenvalue weighted by Gasteiger charge is 2.20. The highest BCUT2D eigenvalue weighted by Crippen LogP contribution is 2.34. The number of fused-ring (bicyclic) bond motifs is 1. The van der Waals surface area contributed by atoms with Crippen molar-refractivity contribution in [1.82, 2.24) is 0 Å². The summed E-state index contributed by atoms with van der Waals surface area (Å²) < 4.78 is 15.2. The van der Waals surface area contributed by atoms with E-state index in [1.54, 1.807) is 0 Å². The Labute approximate surface area is 217 Å². The molecule has 0 spiro atoms. The summed E-state index contributed by atoms with van der Waals surface area (Å²) in [5.41, 5.74) is 3.97. The zero-order valence-corrected chi connectivity index (χ0v) is 21.7. The van der Waals surface area contributed by atoms with Gasteiger partial charge in [0.25, 0.3) is 0 Å². The first-order chi connectivity index (χ1) is 17.7. The van der Waals surface area contributed by atoms with Crippen molar-refractivity contribution in [2.24, 2.45) is 11.8 Å². The Morgan fingerprint density at radius 3 is 2.28 bits per heavy atom. The van der Waals surface area contributed by atoms with Crippen LogP contribution in [0.2, 0.25) is 0 Å².